The summed E-state index contributed by atoms with van der Waals surface area (Å²) in [4.78, 5) is 16.7. The van der Waals surface area contributed by atoms with Gasteiger partial charge < -0.3 is 4.90 Å². The Balaban J connectivity index is 1.66. The molecule has 90 valence electrons. The van der Waals surface area contributed by atoms with Crippen molar-refractivity contribution in [3.63, 3.8) is 0 Å². The van der Waals surface area contributed by atoms with Gasteiger partial charge in [0.1, 0.15) is 0 Å². The molecule has 0 bridgehead atoms. The third-order valence-corrected chi connectivity index (χ3v) is 4.18. The molecule has 1 saturated carbocycles. The first-order valence-corrected chi connectivity index (χ1v) is 6.49. The van der Waals surface area contributed by atoms with Crippen molar-refractivity contribution in [1.82, 2.24) is 15.1 Å². The minimum absolute atomic E-state index is 0.00461. The second-order valence-electron chi connectivity index (χ2n) is 5.48. The maximum Gasteiger partial charge on any atom is 0.241 e. The van der Waals surface area contributed by atoms with E-state index >= 15 is 0 Å². The predicted octanol–water partition coefficient (Wildman–Crippen LogP) is 0.389. The summed E-state index contributed by atoms with van der Waals surface area (Å²) in [7, 11) is 0. The summed E-state index contributed by atoms with van der Waals surface area (Å²) in [6.07, 6.45) is 4.10. The fourth-order valence-corrected chi connectivity index (χ4v) is 3.19. The third kappa shape index (κ3) is 1.64. The van der Waals surface area contributed by atoms with Crippen molar-refractivity contribution in [2.45, 2.75) is 57.4 Å². The Kier molecular flexibility index (Phi) is 2.44. The Morgan fingerprint density at radius 3 is 2.50 bits per heavy atom. The zero-order valence-electron chi connectivity index (χ0n) is 10.1. The van der Waals surface area contributed by atoms with Gasteiger partial charge in [-0.05, 0) is 33.1 Å². The fraction of sp³-hybridized carbons (Fsp3) is 0.917. The topological polar surface area (TPSA) is 35.6 Å². The first-order chi connectivity index (χ1) is 7.66. The summed E-state index contributed by atoms with van der Waals surface area (Å²) >= 11 is 0. The molecule has 4 nitrogen and oxygen atoms in total. The summed E-state index contributed by atoms with van der Waals surface area (Å²) in [5, 5.41) is 3.31. The molecule has 2 saturated heterocycles. The molecule has 1 aliphatic carbocycles. The summed E-state index contributed by atoms with van der Waals surface area (Å²) in [5.74, 6) is 0.287. The highest BCUT2D eigenvalue weighted by Crippen LogP contribution is 2.32. The van der Waals surface area contributed by atoms with Crippen LogP contribution < -0.4 is 5.32 Å². The van der Waals surface area contributed by atoms with E-state index in [9.17, 15) is 4.79 Å². The first kappa shape index (κ1) is 10.5. The minimum atomic E-state index is 0.00461. The van der Waals surface area contributed by atoms with Crippen LogP contribution in [0.25, 0.3) is 0 Å². The van der Waals surface area contributed by atoms with E-state index in [1.165, 1.54) is 19.4 Å². The van der Waals surface area contributed by atoms with Gasteiger partial charge in [0, 0.05) is 25.2 Å². The van der Waals surface area contributed by atoms with Gasteiger partial charge in [0.2, 0.25) is 5.91 Å². The van der Waals surface area contributed by atoms with Gasteiger partial charge in [-0.3, -0.25) is 15.0 Å². The van der Waals surface area contributed by atoms with Crippen LogP contribution in [0.4, 0.5) is 0 Å². The highest BCUT2D eigenvalue weighted by molar-refractivity contribution is 5.84. The van der Waals surface area contributed by atoms with Gasteiger partial charge in [0.15, 0.2) is 0 Å². The van der Waals surface area contributed by atoms with E-state index in [-0.39, 0.29) is 18.1 Å². The van der Waals surface area contributed by atoms with Crippen molar-refractivity contribution < 1.29 is 4.79 Å². The van der Waals surface area contributed by atoms with Crippen molar-refractivity contribution in [3.8, 4) is 0 Å². The molecule has 0 aromatic carbocycles. The molecule has 0 aromatic rings. The number of carbonyl (C=O) groups is 1. The Labute approximate surface area is 97.0 Å². The molecule has 1 N–H and O–H groups in total. The maximum absolute atomic E-state index is 12.0. The molecule has 2 heterocycles. The van der Waals surface area contributed by atoms with Crippen LogP contribution in [0.15, 0.2) is 0 Å². The third-order valence-electron chi connectivity index (χ3n) is 4.18. The summed E-state index contributed by atoms with van der Waals surface area (Å²) < 4.78 is 0. The Hall–Kier alpha value is -0.610. The zero-order chi connectivity index (χ0) is 11.3. The standard InChI is InChI=1S/C12H21N3O/c1-8-12(16)15(9(2)13-8)11-5-6-14(7-11)10-3-4-10/h8-11,13H,3-7H2,1-2H3. The molecule has 0 radical (unpaired) electrons. The number of nitrogens with one attached hydrogen (secondary N) is 1. The van der Waals surface area contributed by atoms with Gasteiger partial charge in [0.05, 0.1) is 12.2 Å². The Morgan fingerprint density at radius 1 is 1.19 bits per heavy atom. The molecule has 3 rings (SSSR count). The van der Waals surface area contributed by atoms with E-state index in [4.69, 9.17) is 0 Å². The largest absolute Gasteiger partial charge is 0.322 e. The van der Waals surface area contributed by atoms with Crippen molar-refractivity contribution >= 4 is 5.91 Å². The van der Waals surface area contributed by atoms with E-state index in [0.717, 1.165) is 19.0 Å². The number of rotatable bonds is 2. The molecule has 3 aliphatic rings. The van der Waals surface area contributed by atoms with Crippen molar-refractivity contribution in [3.05, 3.63) is 0 Å². The molecule has 16 heavy (non-hydrogen) atoms. The Bertz CT molecular complexity index is 303. The van der Waals surface area contributed by atoms with Crippen LogP contribution in [-0.2, 0) is 4.79 Å². The maximum atomic E-state index is 12.0. The van der Waals surface area contributed by atoms with E-state index in [0.29, 0.717) is 6.04 Å². The molecule has 2 aliphatic heterocycles. The second-order valence-corrected chi connectivity index (χ2v) is 5.48. The van der Waals surface area contributed by atoms with Crippen LogP contribution in [0.2, 0.25) is 0 Å². The van der Waals surface area contributed by atoms with Gasteiger partial charge in [-0.1, -0.05) is 0 Å². The van der Waals surface area contributed by atoms with E-state index in [1.54, 1.807) is 0 Å². The van der Waals surface area contributed by atoms with Crippen LogP contribution in [0.3, 0.4) is 0 Å². The van der Waals surface area contributed by atoms with Crippen LogP contribution in [0.1, 0.15) is 33.1 Å². The van der Waals surface area contributed by atoms with Crippen molar-refractivity contribution in [2.75, 3.05) is 13.1 Å². The van der Waals surface area contributed by atoms with Crippen LogP contribution in [0, 0.1) is 0 Å². The lowest BCUT2D eigenvalue weighted by Crippen LogP contribution is -2.44. The highest BCUT2D eigenvalue weighted by atomic mass is 16.2. The molecule has 0 spiro atoms. The quantitative estimate of drug-likeness (QED) is 0.735. The minimum Gasteiger partial charge on any atom is -0.322 e. The van der Waals surface area contributed by atoms with Gasteiger partial charge in [0.25, 0.3) is 0 Å². The molecule has 3 atom stereocenters. The van der Waals surface area contributed by atoms with Crippen LogP contribution in [-0.4, -0.2) is 53.1 Å². The second kappa shape index (κ2) is 3.70. The molecular weight excluding hydrogens is 202 g/mol. The molecular formula is C12H21N3O. The van der Waals surface area contributed by atoms with E-state index in [1.807, 2.05) is 6.92 Å². The average Bonchev–Trinajstić information content (AvgIpc) is 2.93. The van der Waals surface area contributed by atoms with E-state index in [2.05, 4.69) is 22.0 Å². The zero-order valence-corrected chi connectivity index (χ0v) is 10.1. The smallest absolute Gasteiger partial charge is 0.241 e. The van der Waals surface area contributed by atoms with Gasteiger partial charge >= 0.3 is 0 Å². The number of hydrogen-bond acceptors (Lipinski definition) is 3. The van der Waals surface area contributed by atoms with Crippen LogP contribution >= 0.6 is 0 Å². The Morgan fingerprint density at radius 2 is 1.94 bits per heavy atom. The number of carbonyl (C=O) groups excluding carboxylic acids is 1. The van der Waals surface area contributed by atoms with Gasteiger partial charge in [-0.15, -0.1) is 0 Å². The SMILES string of the molecule is CC1NC(C)N(C2CCN(C3CC3)C2)C1=O. The summed E-state index contributed by atoms with van der Waals surface area (Å²) in [5.41, 5.74) is 0. The van der Waals surface area contributed by atoms with Gasteiger partial charge in [-0.2, -0.15) is 0 Å². The van der Waals surface area contributed by atoms with Crippen molar-refractivity contribution in [1.29, 1.82) is 0 Å². The van der Waals surface area contributed by atoms with Gasteiger partial charge in [-0.25, -0.2) is 0 Å². The monoisotopic (exact) mass is 223 g/mol. The lowest BCUT2D eigenvalue weighted by atomic mass is 10.2. The predicted molar refractivity (Wildman–Crippen MR) is 61.9 cm³/mol. The fourth-order valence-electron chi connectivity index (χ4n) is 3.19. The highest BCUT2D eigenvalue weighted by Gasteiger charge is 2.43. The number of likely N-dealkylation sites (tertiary alicyclic amines) is 1. The number of hydrogen-bond donors (Lipinski definition) is 1. The molecule has 3 fully saturated rings. The molecule has 4 heteroatoms. The summed E-state index contributed by atoms with van der Waals surface area (Å²) in [6.45, 7) is 6.34. The normalized spacial score (nSPS) is 41.0. The summed E-state index contributed by atoms with van der Waals surface area (Å²) in [6, 6.07) is 1.29. The lowest BCUT2D eigenvalue weighted by Gasteiger charge is -2.28. The average molecular weight is 223 g/mol. The molecule has 1 amide bonds. The lowest BCUT2D eigenvalue weighted by molar-refractivity contribution is -0.131. The first-order valence-electron chi connectivity index (χ1n) is 6.49. The van der Waals surface area contributed by atoms with Crippen molar-refractivity contribution in [2.24, 2.45) is 0 Å². The molecule has 3 unspecified atom stereocenters. The van der Waals surface area contributed by atoms with Crippen LogP contribution in [0.5, 0.6) is 0 Å². The number of nitrogens with zero attached hydrogens (tertiary/aromatic N) is 2. The van der Waals surface area contributed by atoms with E-state index < -0.39 is 0 Å². The number of amides is 1. The molecule has 0 aromatic heterocycles.